The molecule has 4 nitrogen and oxygen atoms in total. The van der Waals surface area contributed by atoms with Gasteiger partial charge in [0.15, 0.2) is 11.6 Å². The van der Waals surface area contributed by atoms with Gasteiger partial charge in [-0.2, -0.15) is 0 Å². The summed E-state index contributed by atoms with van der Waals surface area (Å²) in [6.45, 7) is 3.78. The second kappa shape index (κ2) is 6.76. The van der Waals surface area contributed by atoms with Crippen LogP contribution in [0.25, 0.3) is 21.8 Å². The molecule has 2 aromatic carbocycles. The number of rotatable bonds is 5. The van der Waals surface area contributed by atoms with Gasteiger partial charge < -0.3 is 14.8 Å². The van der Waals surface area contributed by atoms with E-state index >= 15 is 0 Å². The van der Waals surface area contributed by atoms with Crippen LogP contribution in [0.1, 0.15) is 16.8 Å². The molecule has 0 aliphatic rings. The second-order valence-corrected chi connectivity index (χ2v) is 6.42. The van der Waals surface area contributed by atoms with Gasteiger partial charge in [-0.05, 0) is 30.2 Å². The minimum Gasteiger partial charge on any atom is -0.494 e. The first-order valence-electron chi connectivity index (χ1n) is 8.66. The molecule has 136 valence electrons. The minimum absolute atomic E-state index is 0.0175. The highest BCUT2D eigenvalue weighted by Crippen LogP contribution is 2.35. The molecule has 0 fully saturated rings. The Balaban J connectivity index is 1.92. The van der Waals surface area contributed by atoms with Crippen LogP contribution in [-0.2, 0) is 12.8 Å². The van der Waals surface area contributed by atoms with Crippen molar-refractivity contribution in [2.45, 2.75) is 12.8 Å². The SMILES string of the molecule is C=CCc1c(O)nc(Cc2ccc(OC)c(F)c2)c2[nH]c3ccccc3c12. The van der Waals surface area contributed by atoms with Crippen LogP contribution in [0.15, 0.2) is 55.1 Å². The van der Waals surface area contributed by atoms with E-state index in [1.54, 1.807) is 18.2 Å². The first-order valence-corrected chi connectivity index (χ1v) is 8.66. The summed E-state index contributed by atoms with van der Waals surface area (Å²) in [5.41, 5.74) is 3.96. The minimum atomic E-state index is -0.421. The van der Waals surface area contributed by atoms with Gasteiger partial charge in [-0.1, -0.05) is 30.3 Å². The van der Waals surface area contributed by atoms with E-state index in [2.05, 4.69) is 16.5 Å². The van der Waals surface area contributed by atoms with Gasteiger partial charge in [0.05, 0.1) is 18.3 Å². The van der Waals surface area contributed by atoms with Gasteiger partial charge in [0, 0.05) is 28.3 Å². The van der Waals surface area contributed by atoms with Gasteiger partial charge in [-0.25, -0.2) is 9.37 Å². The Hall–Kier alpha value is -3.34. The van der Waals surface area contributed by atoms with Crippen molar-refractivity contribution < 1.29 is 14.2 Å². The molecule has 0 aliphatic carbocycles. The summed E-state index contributed by atoms with van der Waals surface area (Å²) in [5.74, 6) is -0.238. The van der Waals surface area contributed by atoms with E-state index in [0.717, 1.165) is 32.9 Å². The number of aromatic amines is 1. The fourth-order valence-corrected chi connectivity index (χ4v) is 3.51. The molecule has 0 bridgehead atoms. The van der Waals surface area contributed by atoms with Gasteiger partial charge >= 0.3 is 0 Å². The first kappa shape index (κ1) is 17.1. The van der Waals surface area contributed by atoms with E-state index < -0.39 is 5.82 Å². The summed E-state index contributed by atoms with van der Waals surface area (Å²) in [4.78, 5) is 7.81. The summed E-state index contributed by atoms with van der Waals surface area (Å²) in [5, 5.41) is 12.5. The lowest BCUT2D eigenvalue weighted by atomic mass is 10.0. The fraction of sp³-hybridized carbons (Fsp3) is 0.136. The maximum Gasteiger partial charge on any atom is 0.215 e. The number of hydrogen-bond acceptors (Lipinski definition) is 3. The predicted molar refractivity (Wildman–Crippen MR) is 105 cm³/mol. The number of nitrogens with one attached hydrogen (secondary N) is 1. The van der Waals surface area contributed by atoms with Gasteiger partial charge in [-0.15, -0.1) is 6.58 Å². The van der Waals surface area contributed by atoms with Gasteiger partial charge in [0.1, 0.15) is 0 Å². The molecule has 0 aliphatic heterocycles. The number of halogens is 1. The fourth-order valence-electron chi connectivity index (χ4n) is 3.51. The maximum absolute atomic E-state index is 14.1. The van der Waals surface area contributed by atoms with E-state index in [1.165, 1.54) is 13.2 Å². The normalized spacial score (nSPS) is 11.2. The van der Waals surface area contributed by atoms with Crippen LogP contribution in [0.4, 0.5) is 4.39 Å². The number of nitrogens with zero attached hydrogens (tertiary/aromatic N) is 1. The smallest absolute Gasteiger partial charge is 0.215 e. The molecule has 0 radical (unpaired) electrons. The third-order valence-electron chi connectivity index (χ3n) is 4.74. The van der Waals surface area contributed by atoms with E-state index in [1.807, 2.05) is 24.3 Å². The van der Waals surface area contributed by atoms with Crippen LogP contribution in [-0.4, -0.2) is 22.2 Å². The molecule has 0 atom stereocenters. The van der Waals surface area contributed by atoms with Crippen molar-refractivity contribution in [3.8, 4) is 11.6 Å². The summed E-state index contributed by atoms with van der Waals surface area (Å²) in [7, 11) is 1.43. The number of aromatic nitrogens is 2. The summed E-state index contributed by atoms with van der Waals surface area (Å²) in [6.07, 6.45) is 2.64. The monoisotopic (exact) mass is 362 g/mol. The third kappa shape index (κ3) is 2.91. The number of fused-ring (bicyclic) bond motifs is 3. The van der Waals surface area contributed by atoms with E-state index in [0.29, 0.717) is 18.5 Å². The van der Waals surface area contributed by atoms with Gasteiger partial charge in [0.2, 0.25) is 5.88 Å². The summed E-state index contributed by atoms with van der Waals surface area (Å²) in [6, 6.07) is 12.7. The lowest BCUT2D eigenvalue weighted by molar-refractivity contribution is 0.386. The molecule has 0 unspecified atom stereocenters. The lowest BCUT2D eigenvalue weighted by Crippen LogP contribution is -1.99. The van der Waals surface area contributed by atoms with E-state index in [4.69, 9.17) is 4.74 Å². The van der Waals surface area contributed by atoms with Gasteiger partial charge in [0.25, 0.3) is 0 Å². The van der Waals surface area contributed by atoms with Crippen LogP contribution in [0.2, 0.25) is 0 Å². The molecule has 27 heavy (non-hydrogen) atoms. The number of H-pyrrole nitrogens is 1. The molecular weight excluding hydrogens is 343 g/mol. The van der Waals surface area contributed by atoms with Crippen molar-refractivity contribution in [3.05, 3.63) is 77.8 Å². The molecular formula is C22H19FN2O2. The average molecular weight is 362 g/mol. The zero-order valence-electron chi connectivity index (χ0n) is 14.9. The number of ether oxygens (including phenoxy) is 1. The topological polar surface area (TPSA) is 58.1 Å². The Bertz CT molecular complexity index is 1160. The molecule has 0 amide bonds. The summed E-state index contributed by atoms with van der Waals surface area (Å²) >= 11 is 0. The summed E-state index contributed by atoms with van der Waals surface area (Å²) < 4.78 is 19.0. The van der Waals surface area contributed by atoms with Crippen LogP contribution in [0.3, 0.4) is 0 Å². The number of para-hydroxylation sites is 1. The van der Waals surface area contributed by atoms with E-state index in [9.17, 15) is 9.50 Å². The van der Waals surface area contributed by atoms with Crippen molar-refractivity contribution in [3.63, 3.8) is 0 Å². The largest absolute Gasteiger partial charge is 0.494 e. The highest BCUT2D eigenvalue weighted by Gasteiger charge is 2.18. The molecule has 4 rings (SSSR count). The van der Waals surface area contributed by atoms with Crippen LogP contribution in [0, 0.1) is 5.82 Å². The second-order valence-electron chi connectivity index (χ2n) is 6.42. The Morgan fingerprint density at radius 1 is 1.26 bits per heavy atom. The first-order chi connectivity index (χ1) is 13.1. The van der Waals surface area contributed by atoms with Crippen molar-refractivity contribution >= 4 is 21.8 Å². The van der Waals surface area contributed by atoms with Crippen molar-refractivity contribution in [2.24, 2.45) is 0 Å². The van der Waals surface area contributed by atoms with Crippen LogP contribution >= 0.6 is 0 Å². The number of benzene rings is 2. The van der Waals surface area contributed by atoms with Crippen LogP contribution < -0.4 is 4.74 Å². The molecule has 2 heterocycles. The standard InChI is InChI=1S/C22H19FN2O2/c1-3-6-15-20-14-7-4-5-8-17(14)24-21(20)18(25-22(15)26)12-13-9-10-19(27-2)16(23)11-13/h3-5,7-11,24H,1,6,12H2,2H3,(H,25,26). The third-order valence-corrected chi connectivity index (χ3v) is 4.74. The molecule has 2 aromatic heterocycles. The van der Waals surface area contributed by atoms with E-state index in [-0.39, 0.29) is 11.6 Å². The molecule has 0 saturated heterocycles. The Morgan fingerprint density at radius 2 is 2.07 bits per heavy atom. The number of hydrogen-bond donors (Lipinski definition) is 2. The van der Waals surface area contributed by atoms with Gasteiger partial charge in [-0.3, -0.25) is 0 Å². The Morgan fingerprint density at radius 3 is 2.81 bits per heavy atom. The molecule has 4 aromatic rings. The quantitative estimate of drug-likeness (QED) is 0.497. The molecule has 2 N–H and O–H groups in total. The Kier molecular flexibility index (Phi) is 4.28. The van der Waals surface area contributed by atoms with Crippen molar-refractivity contribution in [1.82, 2.24) is 9.97 Å². The van der Waals surface area contributed by atoms with Crippen LogP contribution in [0.5, 0.6) is 11.6 Å². The lowest BCUT2D eigenvalue weighted by Gasteiger charge is -2.10. The predicted octanol–water partition coefficient (Wildman–Crippen LogP) is 4.89. The zero-order valence-corrected chi connectivity index (χ0v) is 14.9. The average Bonchev–Trinajstić information content (AvgIpc) is 3.05. The maximum atomic E-state index is 14.1. The highest BCUT2D eigenvalue weighted by atomic mass is 19.1. The zero-order chi connectivity index (χ0) is 19.0. The Labute approximate surface area is 155 Å². The molecule has 0 spiro atoms. The van der Waals surface area contributed by atoms with Crippen molar-refractivity contribution in [1.29, 1.82) is 0 Å². The van der Waals surface area contributed by atoms with Crippen molar-refractivity contribution in [2.75, 3.05) is 7.11 Å². The number of aromatic hydroxyl groups is 1. The number of methoxy groups -OCH3 is 1. The molecule has 0 saturated carbocycles. The number of pyridine rings is 1. The highest BCUT2D eigenvalue weighted by molar-refractivity contribution is 6.10. The molecule has 5 heteroatoms. The number of allylic oxidation sites excluding steroid dienone is 1.